The van der Waals surface area contributed by atoms with Crippen LogP contribution in [-0.4, -0.2) is 18.2 Å². The number of nitrogens with zero attached hydrogens (tertiary/aromatic N) is 2. The molecule has 0 aliphatic rings. The summed E-state index contributed by atoms with van der Waals surface area (Å²) in [7, 11) is 2.88. The molecule has 6 nitrogen and oxygen atoms in total. The molecule has 0 amide bonds. The number of aryl methyl sites for hydroxylation is 1. The molecule has 0 radical (unpaired) electrons. The maximum atomic E-state index is 11.0. The first-order valence-corrected chi connectivity index (χ1v) is 3.19. The number of aromatic amines is 1. The number of methoxy groups -OCH3 is 1. The van der Waals surface area contributed by atoms with Crippen molar-refractivity contribution in [3.8, 4) is 0 Å². The molecule has 1 aromatic rings. The van der Waals surface area contributed by atoms with Crippen LogP contribution in [-0.2, 0) is 11.8 Å². The number of rotatable bonds is 2. The summed E-state index contributed by atoms with van der Waals surface area (Å²) in [4.78, 5) is 21.1. The van der Waals surface area contributed by atoms with Crippen LogP contribution in [0.5, 0.6) is 0 Å². The third-order valence-electron chi connectivity index (χ3n) is 1.36. The van der Waals surface area contributed by atoms with Crippen LogP contribution in [0.25, 0.3) is 0 Å². The normalized spacial score (nSPS) is 9.50. The van der Waals surface area contributed by atoms with Crippen LogP contribution in [0.3, 0.4) is 0 Å². The van der Waals surface area contributed by atoms with Gasteiger partial charge in [0.05, 0.1) is 7.11 Å². The SMILES string of the molecule is COC(=O)c1c[n+](C)[nH]c1N=O. The third-order valence-corrected chi connectivity index (χ3v) is 1.36. The molecule has 0 saturated carbocycles. The summed E-state index contributed by atoms with van der Waals surface area (Å²) in [6.45, 7) is 0. The number of hydrogen-bond acceptors (Lipinski definition) is 4. The number of aromatic nitrogens is 2. The highest BCUT2D eigenvalue weighted by molar-refractivity contribution is 5.93. The van der Waals surface area contributed by atoms with Gasteiger partial charge in [0, 0.05) is 0 Å². The summed E-state index contributed by atoms with van der Waals surface area (Å²) < 4.78 is 5.87. The van der Waals surface area contributed by atoms with Gasteiger partial charge in [-0.1, -0.05) is 0 Å². The lowest BCUT2D eigenvalue weighted by molar-refractivity contribution is -0.726. The number of carbonyl (C=O) groups is 1. The van der Waals surface area contributed by atoms with Gasteiger partial charge in [0.2, 0.25) is 12.0 Å². The number of carbonyl (C=O) groups excluding carboxylic acids is 1. The fourth-order valence-electron chi connectivity index (χ4n) is 0.843. The Bertz CT molecular complexity index is 318. The van der Waals surface area contributed by atoms with Gasteiger partial charge in [0.1, 0.15) is 0 Å². The second kappa shape index (κ2) is 3.12. The smallest absolute Gasteiger partial charge is 0.348 e. The van der Waals surface area contributed by atoms with Crippen LogP contribution >= 0.6 is 0 Å². The molecule has 0 spiro atoms. The molecule has 1 N–H and O–H groups in total. The Morgan fingerprint density at radius 3 is 2.92 bits per heavy atom. The van der Waals surface area contributed by atoms with Crippen molar-refractivity contribution in [2.24, 2.45) is 12.2 Å². The zero-order valence-corrected chi connectivity index (χ0v) is 6.70. The molecular weight excluding hydrogens is 162 g/mol. The Hall–Kier alpha value is -1.72. The van der Waals surface area contributed by atoms with Gasteiger partial charge in [0.15, 0.2) is 12.6 Å². The molecule has 1 aromatic heterocycles. The average Bonchev–Trinajstić information content (AvgIpc) is 2.45. The quantitative estimate of drug-likeness (QED) is 0.386. The second-order valence-electron chi connectivity index (χ2n) is 2.20. The van der Waals surface area contributed by atoms with E-state index in [9.17, 15) is 9.70 Å². The highest BCUT2D eigenvalue weighted by atomic mass is 16.5. The number of nitrogens with one attached hydrogen (secondary N) is 1. The largest absolute Gasteiger partial charge is 0.465 e. The molecular formula is C6H8N3O3+. The van der Waals surface area contributed by atoms with Gasteiger partial charge in [-0.2, -0.15) is 0 Å². The Labute approximate surface area is 68.1 Å². The summed E-state index contributed by atoms with van der Waals surface area (Å²) in [5.41, 5.74) is 0.134. The lowest BCUT2D eigenvalue weighted by Gasteiger charge is -1.89. The molecule has 64 valence electrons. The van der Waals surface area contributed by atoms with Crippen molar-refractivity contribution < 1.29 is 14.2 Å². The molecule has 0 aliphatic carbocycles. The van der Waals surface area contributed by atoms with E-state index in [0.29, 0.717) is 0 Å². The zero-order valence-electron chi connectivity index (χ0n) is 6.70. The lowest BCUT2D eigenvalue weighted by Crippen LogP contribution is -2.28. The van der Waals surface area contributed by atoms with Crippen molar-refractivity contribution in [2.75, 3.05) is 7.11 Å². The summed E-state index contributed by atoms with van der Waals surface area (Å²) in [5.74, 6) is -0.606. The van der Waals surface area contributed by atoms with E-state index >= 15 is 0 Å². The zero-order chi connectivity index (χ0) is 9.14. The van der Waals surface area contributed by atoms with Gasteiger partial charge in [-0.25, -0.2) is 4.79 Å². The van der Waals surface area contributed by atoms with E-state index < -0.39 is 5.97 Å². The summed E-state index contributed by atoms with van der Waals surface area (Å²) in [6, 6.07) is 0. The Morgan fingerprint density at radius 2 is 2.42 bits per heavy atom. The van der Waals surface area contributed by atoms with Gasteiger partial charge in [-0.05, 0) is 5.18 Å². The highest BCUT2D eigenvalue weighted by Gasteiger charge is 2.20. The van der Waals surface area contributed by atoms with Crippen LogP contribution in [0.1, 0.15) is 10.4 Å². The third kappa shape index (κ3) is 1.31. The highest BCUT2D eigenvalue weighted by Crippen LogP contribution is 2.13. The molecule has 1 rings (SSSR count). The minimum Gasteiger partial charge on any atom is -0.465 e. The van der Waals surface area contributed by atoms with Crippen molar-refractivity contribution in [2.45, 2.75) is 0 Å². The number of hydrogen-bond donors (Lipinski definition) is 1. The predicted octanol–water partition coefficient (Wildman–Crippen LogP) is 0.0237. The predicted molar refractivity (Wildman–Crippen MR) is 38.8 cm³/mol. The van der Waals surface area contributed by atoms with E-state index in [-0.39, 0.29) is 11.4 Å². The Morgan fingerprint density at radius 1 is 1.75 bits per heavy atom. The van der Waals surface area contributed by atoms with Crippen molar-refractivity contribution in [1.82, 2.24) is 5.10 Å². The molecule has 0 aliphatic heterocycles. The second-order valence-corrected chi connectivity index (χ2v) is 2.20. The van der Waals surface area contributed by atoms with Crippen LogP contribution in [0, 0.1) is 4.91 Å². The molecule has 1 heterocycles. The Balaban J connectivity index is 3.12. The number of esters is 1. The number of ether oxygens (including phenoxy) is 1. The van der Waals surface area contributed by atoms with Crippen LogP contribution in [0.2, 0.25) is 0 Å². The summed E-state index contributed by atoms with van der Waals surface area (Å²) in [5, 5.41) is 5.18. The molecule has 0 saturated heterocycles. The molecule has 0 atom stereocenters. The molecule has 0 bridgehead atoms. The van der Waals surface area contributed by atoms with Crippen molar-refractivity contribution in [3.05, 3.63) is 16.7 Å². The lowest BCUT2D eigenvalue weighted by atomic mass is 10.3. The fraction of sp³-hybridized carbons (Fsp3) is 0.333. The van der Waals surface area contributed by atoms with Gasteiger partial charge >= 0.3 is 5.97 Å². The first-order valence-electron chi connectivity index (χ1n) is 3.19. The molecule has 0 unspecified atom stereocenters. The van der Waals surface area contributed by atoms with Crippen molar-refractivity contribution in [3.63, 3.8) is 0 Å². The van der Waals surface area contributed by atoms with E-state index in [4.69, 9.17) is 0 Å². The number of H-pyrrole nitrogens is 1. The van der Waals surface area contributed by atoms with E-state index in [1.165, 1.54) is 18.0 Å². The van der Waals surface area contributed by atoms with E-state index in [0.717, 1.165) is 0 Å². The number of nitroso groups, excluding NO2 is 1. The van der Waals surface area contributed by atoms with Crippen LogP contribution in [0.15, 0.2) is 11.4 Å². The maximum Gasteiger partial charge on any atom is 0.348 e. The first kappa shape index (κ1) is 8.38. The topological polar surface area (TPSA) is 75.4 Å². The van der Waals surface area contributed by atoms with E-state index in [1.807, 2.05) is 0 Å². The van der Waals surface area contributed by atoms with Gasteiger partial charge < -0.3 is 4.74 Å². The van der Waals surface area contributed by atoms with E-state index in [2.05, 4.69) is 15.0 Å². The molecule has 6 heteroatoms. The monoisotopic (exact) mass is 170 g/mol. The minimum atomic E-state index is -0.582. The van der Waals surface area contributed by atoms with Crippen molar-refractivity contribution in [1.29, 1.82) is 0 Å². The van der Waals surface area contributed by atoms with Gasteiger partial charge in [-0.15, -0.1) is 14.7 Å². The first-order chi connectivity index (χ1) is 5.69. The summed E-state index contributed by atoms with van der Waals surface area (Å²) >= 11 is 0. The van der Waals surface area contributed by atoms with Crippen LogP contribution < -0.4 is 4.68 Å². The fourth-order valence-corrected chi connectivity index (χ4v) is 0.843. The molecule has 0 fully saturated rings. The van der Waals surface area contributed by atoms with Crippen molar-refractivity contribution >= 4 is 11.8 Å². The van der Waals surface area contributed by atoms with Gasteiger partial charge in [0.25, 0.3) is 0 Å². The van der Waals surface area contributed by atoms with E-state index in [1.54, 1.807) is 7.05 Å². The average molecular weight is 170 g/mol. The molecule has 0 aromatic carbocycles. The van der Waals surface area contributed by atoms with Crippen LogP contribution in [0.4, 0.5) is 5.82 Å². The van der Waals surface area contributed by atoms with Gasteiger partial charge in [-0.3, -0.25) is 0 Å². The standard InChI is InChI=1S/C6H7N3O3/c1-9-3-4(6(10)12-2)5(7-9)8-11/h3H,1-2H3/p+1. The maximum absolute atomic E-state index is 11.0. The minimum absolute atomic E-state index is 0.0237. The Kier molecular flexibility index (Phi) is 2.18. The molecule has 12 heavy (non-hydrogen) atoms. The summed E-state index contributed by atoms with van der Waals surface area (Å²) in [6.07, 6.45) is 1.43.